The highest BCUT2D eigenvalue weighted by Gasteiger charge is 2.08. The van der Waals surface area contributed by atoms with Gasteiger partial charge in [-0.2, -0.15) is 0 Å². The number of carbonyl (C=O) groups is 1. The average molecular weight is 234 g/mol. The second-order valence-electron chi connectivity index (χ2n) is 3.11. The van der Waals surface area contributed by atoms with Gasteiger partial charge in [0.05, 0.1) is 29.5 Å². The lowest BCUT2D eigenvalue weighted by Crippen LogP contribution is -2.23. The molecule has 0 aromatic carbocycles. The van der Waals surface area contributed by atoms with Gasteiger partial charge >= 0.3 is 0 Å². The third-order valence-electron chi connectivity index (χ3n) is 2.00. The molecule has 0 aliphatic heterocycles. The van der Waals surface area contributed by atoms with Crippen LogP contribution in [-0.4, -0.2) is 15.9 Å². The normalized spacial score (nSPS) is 10.0. The van der Waals surface area contributed by atoms with Crippen molar-refractivity contribution >= 4 is 22.9 Å². The van der Waals surface area contributed by atoms with Crippen LogP contribution in [0.25, 0.3) is 0 Å². The van der Waals surface area contributed by atoms with Gasteiger partial charge in [-0.25, -0.2) is 0 Å². The van der Waals surface area contributed by atoms with E-state index in [4.69, 9.17) is 5.73 Å². The maximum absolute atomic E-state index is 11.7. The molecular weight excluding hydrogens is 224 g/mol. The Bertz CT molecular complexity index is 483. The molecule has 1 amide bonds. The van der Waals surface area contributed by atoms with Gasteiger partial charge < -0.3 is 11.1 Å². The molecule has 0 aliphatic carbocycles. The van der Waals surface area contributed by atoms with Crippen LogP contribution in [0.2, 0.25) is 0 Å². The number of nitrogen functional groups attached to an aromatic ring is 1. The van der Waals surface area contributed by atoms with E-state index in [0.29, 0.717) is 17.8 Å². The molecule has 0 fully saturated rings. The Labute approximate surface area is 96.3 Å². The summed E-state index contributed by atoms with van der Waals surface area (Å²) >= 11 is 1.49. The molecule has 0 unspecified atom stereocenters. The fraction of sp³-hybridized carbons (Fsp3) is 0.100. The number of nitrogens with zero attached hydrogens (tertiary/aromatic N) is 2. The molecule has 0 aliphatic rings. The van der Waals surface area contributed by atoms with Gasteiger partial charge in [-0.15, -0.1) is 11.3 Å². The number of nitrogens with two attached hydrogens (primary N) is 1. The molecule has 5 nitrogen and oxygen atoms in total. The van der Waals surface area contributed by atoms with Gasteiger partial charge in [-0.05, 0) is 6.07 Å². The monoisotopic (exact) mass is 234 g/mol. The molecule has 2 aromatic heterocycles. The van der Waals surface area contributed by atoms with E-state index < -0.39 is 0 Å². The van der Waals surface area contributed by atoms with Crippen molar-refractivity contribution in [1.82, 2.24) is 15.3 Å². The Morgan fingerprint density at radius 3 is 3.00 bits per heavy atom. The summed E-state index contributed by atoms with van der Waals surface area (Å²) in [4.78, 5) is 20.5. The van der Waals surface area contributed by atoms with Gasteiger partial charge in [0.25, 0.3) is 5.91 Å². The molecule has 3 N–H and O–H groups in total. The minimum Gasteiger partial charge on any atom is -0.397 e. The Morgan fingerprint density at radius 1 is 1.44 bits per heavy atom. The molecule has 0 spiro atoms. The molecule has 0 bridgehead atoms. The highest BCUT2D eigenvalue weighted by Crippen LogP contribution is 2.09. The summed E-state index contributed by atoms with van der Waals surface area (Å²) in [6.45, 7) is 0.464. The van der Waals surface area contributed by atoms with Crippen molar-refractivity contribution in [3.8, 4) is 0 Å². The van der Waals surface area contributed by atoms with Gasteiger partial charge in [0.2, 0.25) is 0 Å². The van der Waals surface area contributed by atoms with E-state index in [0.717, 1.165) is 4.88 Å². The minimum atomic E-state index is -0.201. The summed E-state index contributed by atoms with van der Waals surface area (Å²) < 4.78 is 0. The van der Waals surface area contributed by atoms with E-state index in [1.165, 1.54) is 23.7 Å². The van der Waals surface area contributed by atoms with Crippen molar-refractivity contribution in [1.29, 1.82) is 0 Å². The number of pyridine rings is 1. The highest BCUT2D eigenvalue weighted by molar-refractivity contribution is 7.09. The van der Waals surface area contributed by atoms with Gasteiger partial charge in [-0.3, -0.25) is 14.8 Å². The third-order valence-corrected chi connectivity index (χ3v) is 2.78. The van der Waals surface area contributed by atoms with Crippen molar-refractivity contribution < 1.29 is 4.79 Å². The highest BCUT2D eigenvalue weighted by atomic mass is 32.1. The molecule has 0 radical (unpaired) electrons. The first-order chi connectivity index (χ1) is 7.77. The number of amides is 1. The molecule has 2 aromatic rings. The maximum Gasteiger partial charge on any atom is 0.253 e. The van der Waals surface area contributed by atoms with Crippen molar-refractivity contribution in [3.63, 3.8) is 0 Å². The Hall–Kier alpha value is -1.95. The number of anilines is 1. The van der Waals surface area contributed by atoms with Crippen LogP contribution in [-0.2, 0) is 6.54 Å². The van der Waals surface area contributed by atoms with E-state index >= 15 is 0 Å². The Balaban J connectivity index is 2.01. The second kappa shape index (κ2) is 4.71. The first-order valence-corrected chi connectivity index (χ1v) is 5.50. The van der Waals surface area contributed by atoms with Crippen molar-refractivity contribution in [2.75, 3.05) is 5.73 Å². The second-order valence-corrected chi connectivity index (χ2v) is 4.08. The number of nitrogens with one attached hydrogen (secondary N) is 1. The smallest absolute Gasteiger partial charge is 0.253 e. The predicted molar refractivity (Wildman–Crippen MR) is 61.9 cm³/mol. The maximum atomic E-state index is 11.7. The summed E-state index contributed by atoms with van der Waals surface area (Å²) in [6, 6.07) is 1.59. The van der Waals surface area contributed by atoms with Crippen LogP contribution >= 0.6 is 11.3 Å². The number of rotatable bonds is 3. The van der Waals surface area contributed by atoms with Gasteiger partial charge in [0.15, 0.2) is 0 Å². The molecule has 82 valence electrons. The summed E-state index contributed by atoms with van der Waals surface area (Å²) in [5, 5.41) is 2.77. The molecule has 0 atom stereocenters. The molecule has 16 heavy (non-hydrogen) atoms. The molecule has 0 saturated carbocycles. The third kappa shape index (κ3) is 2.34. The first-order valence-electron chi connectivity index (χ1n) is 4.62. The van der Waals surface area contributed by atoms with Crippen LogP contribution in [0.5, 0.6) is 0 Å². The van der Waals surface area contributed by atoms with Gasteiger partial charge in [0, 0.05) is 17.3 Å². The van der Waals surface area contributed by atoms with Gasteiger partial charge in [-0.1, -0.05) is 0 Å². The summed E-state index contributed by atoms with van der Waals surface area (Å²) in [5.74, 6) is -0.201. The number of thiazole rings is 1. The quantitative estimate of drug-likeness (QED) is 0.831. The van der Waals surface area contributed by atoms with Crippen molar-refractivity contribution in [3.05, 3.63) is 40.6 Å². The van der Waals surface area contributed by atoms with Crippen LogP contribution in [0, 0.1) is 0 Å². The van der Waals surface area contributed by atoms with Gasteiger partial charge in [0.1, 0.15) is 0 Å². The number of hydrogen-bond donors (Lipinski definition) is 2. The van der Waals surface area contributed by atoms with E-state index in [1.54, 1.807) is 17.8 Å². The zero-order valence-corrected chi connectivity index (χ0v) is 9.20. The van der Waals surface area contributed by atoms with E-state index in [-0.39, 0.29) is 5.91 Å². The van der Waals surface area contributed by atoms with E-state index in [1.807, 2.05) is 0 Å². The number of hydrogen-bond acceptors (Lipinski definition) is 5. The van der Waals surface area contributed by atoms with Crippen LogP contribution < -0.4 is 11.1 Å². The zero-order valence-electron chi connectivity index (χ0n) is 8.38. The molecular formula is C10H10N4OS. The SMILES string of the molecule is Nc1cnccc1C(=O)NCc1cncs1. The Morgan fingerprint density at radius 2 is 2.31 bits per heavy atom. The Kier molecular flexibility index (Phi) is 3.11. The number of aromatic nitrogens is 2. The standard InChI is InChI=1S/C10H10N4OS/c11-9-5-12-2-1-8(9)10(15)14-4-7-3-13-6-16-7/h1-3,5-6H,4,11H2,(H,14,15). The predicted octanol–water partition coefficient (Wildman–Crippen LogP) is 1.05. The summed E-state index contributed by atoms with van der Waals surface area (Å²) in [7, 11) is 0. The van der Waals surface area contributed by atoms with E-state index in [9.17, 15) is 4.79 Å². The lowest BCUT2D eigenvalue weighted by atomic mass is 10.2. The topological polar surface area (TPSA) is 80.9 Å². The molecule has 2 heterocycles. The fourth-order valence-electron chi connectivity index (χ4n) is 1.21. The number of carbonyl (C=O) groups excluding carboxylic acids is 1. The summed E-state index contributed by atoms with van der Waals surface area (Å²) in [5.41, 5.74) is 8.18. The zero-order chi connectivity index (χ0) is 11.4. The largest absolute Gasteiger partial charge is 0.397 e. The molecule has 2 rings (SSSR count). The lowest BCUT2D eigenvalue weighted by Gasteiger charge is -2.05. The fourth-order valence-corrected chi connectivity index (χ4v) is 1.74. The van der Waals surface area contributed by atoms with Crippen LogP contribution in [0.15, 0.2) is 30.2 Å². The van der Waals surface area contributed by atoms with Crippen molar-refractivity contribution in [2.24, 2.45) is 0 Å². The molecule has 0 saturated heterocycles. The van der Waals surface area contributed by atoms with Crippen LogP contribution in [0.3, 0.4) is 0 Å². The van der Waals surface area contributed by atoms with Crippen LogP contribution in [0.1, 0.15) is 15.2 Å². The van der Waals surface area contributed by atoms with Crippen molar-refractivity contribution in [2.45, 2.75) is 6.54 Å². The molecule has 6 heteroatoms. The van der Waals surface area contributed by atoms with E-state index in [2.05, 4.69) is 15.3 Å². The summed E-state index contributed by atoms with van der Waals surface area (Å²) in [6.07, 6.45) is 4.72. The lowest BCUT2D eigenvalue weighted by molar-refractivity contribution is 0.0952. The average Bonchev–Trinajstić information content (AvgIpc) is 2.79. The van der Waals surface area contributed by atoms with Crippen LogP contribution in [0.4, 0.5) is 5.69 Å². The minimum absolute atomic E-state index is 0.201. The first kappa shape index (κ1) is 10.6.